The second kappa shape index (κ2) is 9.99. The van der Waals surface area contributed by atoms with E-state index in [2.05, 4.69) is 31.0 Å². The number of nitrogens with zero attached hydrogens (tertiary/aromatic N) is 3. The summed E-state index contributed by atoms with van der Waals surface area (Å²) >= 11 is 0. The summed E-state index contributed by atoms with van der Waals surface area (Å²) in [5, 5.41) is 0. The molecule has 0 aliphatic carbocycles. The van der Waals surface area contributed by atoms with Crippen LogP contribution in [-0.2, 0) is 24.2 Å². The molecule has 5 nitrogen and oxygen atoms in total. The van der Waals surface area contributed by atoms with Crippen LogP contribution in [0.3, 0.4) is 0 Å². The summed E-state index contributed by atoms with van der Waals surface area (Å²) in [6.45, 7) is 5.49. The van der Waals surface area contributed by atoms with Crippen LogP contribution >= 0.6 is 0 Å². The summed E-state index contributed by atoms with van der Waals surface area (Å²) in [5.41, 5.74) is 5.49. The standard InChI is InChI=1S/C28H31N3O2/c1-20(2)23-13-11-21(12-14-23)16-27(32)31-15-7-10-25-26(31)17-24(18-29-25)28(33)30(3)19-22-8-5-4-6-9-22/h4-6,8-9,11-14,17-18,20H,7,10,15-16,19H2,1-3H3. The van der Waals surface area contributed by atoms with E-state index in [1.807, 2.05) is 48.5 Å². The van der Waals surface area contributed by atoms with E-state index >= 15 is 0 Å². The number of fused-ring (bicyclic) bond motifs is 1. The van der Waals surface area contributed by atoms with Crippen molar-refractivity contribution in [3.63, 3.8) is 0 Å². The van der Waals surface area contributed by atoms with Gasteiger partial charge in [-0.25, -0.2) is 0 Å². The largest absolute Gasteiger partial charge is 0.337 e. The summed E-state index contributed by atoms with van der Waals surface area (Å²) in [6.07, 6.45) is 3.67. The fourth-order valence-electron chi connectivity index (χ4n) is 4.25. The fourth-order valence-corrected chi connectivity index (χ4v) is 4.25. The smallest absolute Gasteiger partial charge is 0.255 e. The minimum absolute atomic E-state index is 0.0392. The average molecular weight is 442 g/mol. The lowest BCUT2D eigenvalue weighted by Gasteiger charge is -2.29. The van der Waals surface area contributed by atoms with E-state index in [-0.39, 0.29) is 11.8 Å². The van der Waals surface area contributed by atoms with Crippen molar-refractivity contribution in [3.05, 3.63) is 94.8 Å². The number of carbonyl (C=O) groups is 2. The zero-order valence-electron chi connectivity index (χ0n) is 19.6. The molecule has 0 saturated heterocycles. The Hall–Kier alpha value is -3.47. The predicted molar refractivity (Wildman–Crippen MR) is 131 cm³/mol. The van der Waals surface area contributed by atoms with E-state index in [0.29, 0.717) is 31.0 Å². The molecule has 0 fully saturated rings. The van der Waals surface area contributed by atoms with Gasteiger partial charge in [0.2, 0.25) is 5.91 Å². The molecule has 1 aromatic heterocycles. The van der Waals surface area contributed by atoms with Crippen LogP contribution in [0.1, 0.15) is 58.9 Å². The zero-order chi connectivity index (χ0) is 23.4. The minimum Gasteiger partial charge on any atom is -0.337 e. The number of aryl methyl sites for hydroxylation is 1. The Morgan fingerprint density at radius 2 is 1.76 bits per heavy atom. The van der Waals surface area contributed by atoms with Gasteiger partial charge >= 0.3 is 0 Å². The Balaban J connectivity index is 1.51. The van der Waals surface area contributed by atoms with Crippen LogP contribution in [0.15, 0.2) is 66.9 Å². The fraction of sp³-hybridized carbons (Fsp3) is 0.321. The van der Waals surface area contributed by atoms with Crippen LogP contribution in [0.4, 0.5) is 5.69 Å². The van der Waals surface area contributed by atoms with Crippen molar-refractivity contribution in [1.82, 2.24) is 9.88 Å². The number of hydrogen-bond acceptors (Lipinski definition) is 3. The first-order valence-electron chi connectivity index (χ1n) is 11.6. The maximum absolute atomic E-state index is 13.2. The summed E-state index contributed by atoms with van der Waals surface area (Å²) < 4.78 is 0. The van der Waals surface area contributed by atoms with Crippen molar-refractivity contribution in [2.24, 2.45) is 0 Å². The number of aromatic nitrogens is 1. The first kappa shape index (κ1) is 22.7. The van der Waals surface area contributed by atoms with Gasteiger partial charge in [0, 0.05) is 26.3 Å². The van der Waals surface area contributed by atoms with Gasteiger partial charge in [0.1, 0.15) is 0 Å². The predicted octanol–water partition coefficient (Wildman–Crippen LogP) is 5.00. The second-order valence-electron chi connectivity index (χ2n) is 9.06. The molecule has 1 aliphatic heterocycles. The van der Waals surface area contributed by atoms with Gasteiger partial charge < -0.3 is 9.80 Å². The number of rotatable bonds is 6. The molecular weight excluding hydrogens is 410 g/mol. The molecular formula is C28H31N3O2. The Kier molecular flexibility index (Phi) is 6.87. The minimum atomic E-state index is -0.101. The molecule has 0 atom stereocenters. The molecule has 2 amide bonds. The van der Waals surface area contributed by atoms with Crippen molar-refractivity contribution < 1.29 is 9.59 Å². The van der Waals surface area contributed by atoms with Crippen molar-refractivity contribution in [2.45, 2.75) is 45.6 Å². The van der Waals surface area contributed by atoms with E-state index in [9.17, 15) is 9.59 Å². The molecule has 0 saturated carbocycles. The summed E-state index contributed by atoms with van der Waals surface area (Å²) in [7, 11) is 1.79. The highest BCUT2D eigenvalue weighted by atomic mass is 16.2. The molecule has 5 heteroatoms. The third-order valence-electron chi connectivity index (χ3n) is 6.19. The SMILES string of the molecule is CC(C)c1ccc(CC(=O)N2CCCc3ncc(C(=O)N(C)Cc4ccccc4)cc32)cc1. The first-order valence-corrected chi connectivity index (χ1v) is 11.6. The van der Waals surface area contributed by atoms with Crippen LogP contribution in [0.25, 0.3) is 0 Å². The van der Waals surface area contributed by atoms with Gasteiger partial charge in [-0.3, -0.25) is 14.6 Å². The lowest BCUT2D eigenvalue weighted by atomic mass is 10.00. The maximum atomic E-state index is 13.2. The van der Waals surface area contributed by atoms with Gasteiger partial charge in [-0.05, 0) is 41.5 Å². The highest BCUT2D eigenvalue weighted by Crippen LogP contribution is 2.28. The monoisotopic (exact) mass is 441 g/mol. The zero-order valence-corrected chi connectivity index (χ0v) is 19.6. The molecule has 0 radical (unpaired) electrons. The van der Waals surface area contributed by atoms with Crippen LogP contribution in [0.5, 0.6) is 0 Å². The number of hydrogen-bond donors (Lipinski definition) is 0. The van der Waals surface area contributed by atoms with Crippen molar-refractivity contribution in [3.8, 4) is 0 Å². The number of amides is 2. The summed E-state index contributed by atoms with van der Waals surface area (Å²) in [5.74, 6) is 0.402. The van der Waals surface area contributed by atoms with Crippen LogP contribution in [0, 0.1) is 0 Å². The third kappa shape index (κ3) is 5.30. The van der Waals surface area contributed by atoms with Crippen molar-refractivity contribution in [1.29, 1.82) is 0 Å². The molecule has 0 unspecified atom stereocenters. The third-order valence-corrected chi connectivity index (χ3v) is 6.19. The Labute approximate surface area is 196 Å². The first-order chi connectivity index (χ1) is 15.9. The van der Waals surface area contributed by atoms with E-state index in [1.165, 1.54) is 5.56 Å². The normalized spacial score (nSPS) is 13.0. The van der Waals surface area contributed by atoms with Gasteiger partial charge in [0.15, 0.2) is 0 Å². The van der Waals surface area contributed by atoms with Gasteiger partial charge in [0.05, 0.1) is 23.4 Å². The molecule has 1 aliphatic rings. The number of anilines is 1. The second-order valence-corrected chi connectivity index (χ2v) is 9.06. The van der Waals surface area contributed by atoms with E-state index in [4.69, 9.17) is 0 Å². The van der Waals surface area contributed by atoms with Crippen LogP contribution in [0.2, 0.25) is 0 Å². The topological polar surface area (TPSA) is 53.5 Å². The molecule has 170 valence electrons. The van der Waals surface area contributed by atoms with Gasteiger partial charge in [0.25, 0.3) is 5.91 Å². The van der Waals surface area contributed by atoms with E-state index in [0.717, 1.165) is 35.3 Å². The molecule has 4 rings (SSSR count). The Bertz CT molecular complexity index is 1120. The van der Waals surface area contributed by atoms with Gasteiger partial charge in [-0.1, -0.05) is 68.4 Å². The highest BCUT2D eigenvalue weighted by molar-refractivity contribution is 5.99. The average Bonchev–Trinajstić information content (AvgIpc) is 2.83. The quantitative estimate of drug-likeness (QED) is 0.541. The molecule has 0 bridgehead atoms. The van der Waals surface area contributed by atoms with Gasteiger partial charge in [-0.2, -0.15) is 0 Å². The van der Waals surface area contributed by atoms with Crippen LogP contribution < -0.4 is 4.90 Å². The Morgan fingerprint density at radius 1 is 1.03 bits per heavy atom. The molecule has 3 aromatic rings. The number of carbonyl (C=O) groups excluding carboxylic acids is 2. The lowest BCUT2D eigenvalue weighted by Crippen LogP contribution is -2.37. The Morgan fingerprint density at radius 3 is 2.45 bits per heavy atom. The molecule has 0 N–H and O–H groups in total. The number of pyridine rings is 1. The summed E-state index contributed by atoms with van der Waals surface area (Å²) in [4.78, 5) is 34.3. The molecule has 2 aromatic carbocycles. The maximum Gasteiger partial charge on any atom is 0.255 e. The number of benzene rings is 2. The van der Waals surface area contributed by atoms with Gasteiger partial charge in [-0.15, -0.1) is 0 Å². The lowest BCUT2D eigenvalue weighted by molar-refractivity contribution is -0.118. The highest BCUT2D eigenvalue weighted by Gasteiger charge is 2.25. The van der Waals surface area contributed by atoms with E-state index < -0.39 is 0 Å². The van der Waals surface area contributed by atoms with Crippen LogP contribution in [-0.4, -0.2) is 35.3 Å². The molecule has 0 spiro atoms. The van der Waals surface area contributed by atoms with Crippen molar-refractivity contribution in [2.75, 3.05) is 18.5 Å². The molecule has 2 heterocycles. The van der Waals surface area contributed by atoms with E-state index in [1.54, 1.807) is 23.0 Å². The van der Waals surface area contributed by atoms with Crippen molar-refractivity contribution >= 4 is 17.5 Å². The molecule has 33 heavy (non-hydrogen) atoms. The summed E-state index contributed by atoms with van der Waals surface area (Å²) in [6, 6.07) is 20.0.